The van der Waals surface area contributed by atoms with Crippen LogP contribution in [0, 0.1) is 20.8 Å². The molecule has 2 saturated heterocycles. The highest BCUT2D eigenvalue weighted by Gasteiger charge is 2.29. The summed E-state index contributed by atoms with van der Waals surface area (Å²) in [5.74, 6) is 4.11. The number of imidazole rings is 2. The molecule has 6 aromatic carbocycles. The van der Waals surface area contributed by atoms with E-state index in [2.05, 4.69) is 32.6 Å². The summed E-state index contributed by atoms with van der Waals surface area (Å²) in [5, 5.41) is 2.01. The number of hydrogen-bond donors (Lipinski definition) is 0. The molecule has 0 radical (unpaired) electrons. The van der Waals surface area contributed by atoms with Crippen LogP contribution in [0.25, 0.3) is 34.2 Å². The molecule has 4 aliphatic heterocycles. The number of anilines is 2. The summed E-state index contributed by atoms with van der Waals surface area (Å²) in [7, 11) is 3.72. The number of aromatic nitrogens is 4. The van der Waals surface area contributed by atoms with E-state index < -0.39 is 0 Å². The quantitative estimate of drug-likeness (QED) is 0.0914. The van der Waals surface area contributed by atoms with Crippen LogP contribution in [0.2, 0.25) is 15.1 Å². The number of rotatable bonds is 16. The van der Waals surface area contributed by atoms with E-state index >= 15 is 0 Å². The number of carbonyl (C=O) groups excluding carboxylic acids is 2. The van der Waals surface area contributed by atoms with E-state index in [-0.39, 0.29) is 11.8 Å². The molecular weight excluding hydrogens is 1150 g/mol. The van der Waals surface area contributed by atoms with Crippen molar-refractivity contribution in [1.29, 1.82) is 0 Å². The molecule has 4 aliphatic rings. The molecule has 0 saturated carbocycles. The third-order valence-electron chi connectivity index (χ3n) is 16.5. The van der Waals surface area contributed by atoms with Gasteiger partial charge >= 0.3 is 0 Å². The van der Waals surface area contributed by atoms with Gasteiger partial charge in [-0.05, 0) is 101 Å². The van der Waals surface area contributed by atoms with Crippen LogP contribution < -0.4 is 28.7 Å². The maximum Gasteiger partial charge on any atom is 0.274 e. The number of carbonyl (C=O) groups is 2. The number of fused-ring (bicyclic) bond motifs is 2. The van der Waals surface area contributed by atoms with Crippen LogP contribution >= 0.6 is 34.8 Å². The fourth-order valence-corrected chi connectivity index (χ4v) is 12.3. The zero-order valence-corrected chi connectivity index (χ0v) is 51.8. The summed E-state index contributed by atoms with van der Waals surface area (Å²) < 4.78 is 27.2. The fraction of sp³-hybridized carbons (Fsp3) is 0.343. The Morgan fingerprint density at radius 1 is 0.477 bits per heavy atom. The second-order valence-electron chi connectivity index (χ2n) is 22.1. The molecule has 0 aliphatic carbocycles. The van der Waals surface area contributed by atoms with E-state index in [0.717, 1.165) is 146 Å². The first-order chi connectivity index (χ1) is 41.8. The molecule has 19 heteroatoms. The van der Waals surface area contributed by atoms with E-state index in [0.29, 0.717) is 78.3 Å². The monoisotopic (exact) mass is 1220 g/mol. The average molecular weight is 1220 g/mol. The molecule has 448 valence electrons. The first-order valence-electron chi connectivity index (χ1n) is 29.6. The minimum Gasteiger partial charge on any atom is -0.486 e. The fourth-order valence-electron chi connectivity index (χ4n) is 11.7. The molecule has 0 atom stereocenters. The summed E-state index contributed by atoms with van der Waals surface area (Å²) in [4.78, 5) is 50.5. The zero-order chi connectivity index (χ0) is 59.8. The molecule has 0 spiro atoms. The predicted octanol–water partition coefficient (Wildman–Crippen LogP) is 12.1. The minimum atomic E-state index is -0.0913. The van der Waals surface area contributed by atoms with Crippen LogP contribution in [-0.4, -0.2) is 170 Å². The Balaban J connectivity index is 0.000000179. The van der Waals surface area contributed by atoms with Crippen molar-refractivity contribution >= 4 is 58.0 Å². The first kappa shape index (κ1) is 60.0. The van der Waals surface area contributed by atoms with Gasteiger partial charge in [0.2, 0.25) is 0 Å². The Bertz CT molecular complexity index is 3440. The molecule has 8 aromatic rings. The molecule has 2 amide bonds. The van der Waals surface area contributed by atoms with Gasteiger partial charge in [-0.2, -0.15) is 0 Å². The Kier molecular flexibility index (Phi) is 19.1. The van der Waals surface area contributed by atoms with Gasteiger partial charge in [0.15, 0.2) is 23.0 Å². The van der Waals surface area contributed by atoms with Crippen LogP contribution in [0.15, 0.2) is 133 Å². The van der Waals surface area contributed by atoms with Gasteiger partial charge in [0.1, 0.15) is 49.5 Å². The highest BCUT2D eigenvalue weighted by molar-refractivity contribution is 6.43. The predicted molar refractivity (Wildman–Crippen MR) is 343 cm³/mol. The molecule has 16 nitrogen and oxygen atoms in total. The molecule has 12 rings (SSSR count). The Morgan fingerprint density at radius 3 is 1.34 bits per heavy atom. The standard InChI is InChI=1S/C34H38ClN5O3.C33H35Cl2N5O3/c1-24-28(35)11-7-12-29(24)39-19-17-38(18-20-39)16-8-15-37(3)34(41)32-25(2)40(33(36-32)26-9-5-4-6-10-26)27-13-14-30-31(23-27)43-22-21-42-30;1-23-31(33(41)37(2)14-7-15-38-16-18-39(19-17-38)27-11-6-10-26(34)30(27)35)36-32(24-8-4-3-5-9-24)40(23)25-12-13-28-29(22-25)43-21-20-42-28/h4-7,9-14,23H,8,15-22H2,1-3H3;3-6,8-13,22H,7,14-21H2,1-2H3. The molecule has 0 N–H and O–H groups in total. The van der Waals surface area contributed by atoms with Crippen molar-refractivity contribution in [1.82, 2.24) is 38.7 Å². The number of benzene rings is 6. The van der Waals surface area contributed by atoms with Crippen molar-refractivity contribution in [3.05, 3.63) is 177 Å². The number of halogens is 3. The zero-order valence-electron chi connectivity index (χ0n) is 49.5. The lowest BCUT2D eigenvalue weighted by molar-refractivity contribution is 0.0774. The average Bonchev–Trinajstić information content (AvgIpc) is 2.15. The number of piperazine rings is 2. The summed E-state index contributed by atoms with van der Waals surface area (Å²) in [6, 6.07) is 43.5. The number of ether oxygens (including phenoxy) is 4. The van der Waals surface area contributed by atoms with Crippen LogP contribution in [0.4, 0.5) is 11.4 Å². The lowest BCUT2D eigenvalue weighted by Gasteiger charge is -2.37. The summed E-state index contributed by atoms with van der Waals surface area (Å²) in [6.45, 7) is 18.8. The van der Waals surface area contributed by atoms with Crippen molar-refractivity contribution in [2.75, 3.05) is 129 Å². The lowest BCUT2D eigenvalue weighted by Crippen LogP contribution is -2.47. The van der Waals surface area contributed by atoms with Crippen LogP contribution in [0.5, 0.6) is 23.0 Å². The second kappa shape index (κ2) is 27.3. The Hall–Kier alpha value is -7.73. The van der Waals surface area contributed by atoms with Gasteiger partial charge in [-0.3, -0.25) is 28.5 Å². The molecule has 6 heterocycles. The Morgan fingerprint density at radius 2 is 0.884 bits per heavy atom. The van der Waals surface area contributed by atoms with Gasteiger partial charge in [-0.15, -0.1) is 0 Å². The van der Waals surface area contributed by atoms with E-state index in [1.54, 1.807) is 9.80 Å². The highest BCUT2D eigenvalue weighted by Crippen LogP contribution is 2.38. The molecule has 86 heavy (non-hydrogen) atoms. The summed E-state index contributed by atoms with van der Waals surface area (Å²) >= 11 is 19.0. The third kappa shape index (κ3) is 13.3. The number of hydrogen-bond acceptors (Lipinski definition) is 12. The van der Waals surface area contributed by atoms with E-state index in [4.69, 9.17) is 63.7 Å². The summed E-state index contributed by atoms with van der Waals surface area (Å²) in [6.07, 6.45) is 1.76. The molecule has 0 bridgehead atoms. The van der Waals surface area contributed by atoms with Gasteiger partial charge in [-0.25, -0.2) is 9.97 Å². The van der Waals surface area contributed by atoms with Crippen molar-refractivity contribution < 1.29 is 28.5 Å². The first-order valence-corrected chi connectivity index (χ1v) is 30.7. The van der Waals surface area contributed by atoms with E-state index in [1.807, 2.05) is 164 Å². The largest absolute Gasteiger partial charge is 0.486 e. The van der Waals surface area contributed by atoms with E-state index in [9.17, 15) is 9.59 Å². The van der Waals surface area contributed by atoms with Crippen molar-refractivity contribution in [3.8, 4) is 57.1 Å². The van der Waals surface area contributed by atoms with Gasteiger partial charge in [-0.1, -0.05) is 108 Å². The van der Waals surface area contributed by atoms with Crippen LogP contribution in [0.1, 0.15) is 50.8 Å². The maximum atomic E-state index is 13.7. The number of amides is 2. The SMILES string of the molecule is Cc1c(C(=O)N(C)CCCN2CCN(c3cccc(Cl)c3Cl)CC2)nc(-c2ccccc2)n1-c1ccc2c(c1)OCCO2.Cc1c(Cl)cccc1N1CCN(CCCN(C)C(=O)c2nc(-c3ccccc3)n(-c3ccc4c(c3)OCCO4)c2C)CC1. The lowest BCUT2D eigenvalue weighted by atomic mass is 10.1. The van der Waals surface area contributed by atoms with Gasteiger partial charge < -0.3 is 38.5 Å². The molecular formula is C67H73Cl3N10O6. The summed E-state index contributed by atoms with van der Waals surface area (Å²) in [5.41, 5.74) is 9.44. The normalized spacial score (nSPS) is 15.0. The number of nitrogens with zero attached hydrogens (tertiary/aromatic N) is 10. The third-order valence-corrected chi connectivity index (χ3v) is 17.7. The van der Waals surface area contributed by atoms with Crippen molar-refractivity contribution in [2.24, 2.45) is 0 Å². The van der Waals surface area contributed by atoms with Gasteiger partial charge in [0, 0.05) is 114 Å². The maximum absolute atomic E-state index is 13.7. The van der Waals surface area contributed by atoms with Crippen molar-refractivity contribution in [2.45, 2.75) is 33.6 Å². The van der Waals surface area contributed by atoms with Crippen LogP contribution in [0.3, 0.4) is 0 Å². The second-order valence-corrected chi connectivity index (χ2v) is 23.3. The highest BCUT2D eigenvalue weighted by atomic mass is 35.5. The molecule has 2 aromatic heterocycles. The Labute approximate surface area is 518 Å². The minimum absolute atomic E-state index is 0.0766. The molecule has 0 unspecified atom stereocenters. The van der Waals surface area contributed by atoms with Crippen LogP contribution in [-0.2, 0) is 0 Å². The molecule has 2 fully saturated rings. The van der Waals surface area contributed by atoms with E-state index in [1.165, 1.54) is 5.69 Å². The van der Waals surface area contributed by atoms with Gasteiger partial charge in [0.25, 0.3) is 11.8 Å². The smallest absolute Gasteiger partial charge is 0.274 e. The topological polar surface area (TPSA) is 126 Å². The van der Waals surface area contributed by atoms with Gasteiger partial charge in [0.05, 0.1) is 38.5 Å². The van der Waals surface area contributed by atoms with Crippen molar-refractivity contribution in [3.63, 3.8) is 0 Å².